The number of rotatable bonds is 2. The number of aliphatic hydroxyl groups is 1. The molecule has 0 saturated heterocycles. The predicted octanol–water partition coefficient (Wildman–Crippen LogP) is 2.83. The Morgan fingerprint density at radius 2 is 2.00 bits per heavy atom. The molecule has 1 N–H and O–H groups in total. The van der Waals surface area contributed by atoms with Crippen LogP contribution in [0.2, 0.25) is 0 Å². The summed E-state index contributed by atoms with van der Waals surface area (Å²) < 4.78 is 0. The SMILES string of the molecule is CC(C)C[C@@H]1CC[C@H](O)[C@H](C)C1. The Kier molecular flexibility index (Phi) is 3.57. The topological polar surface area (TPSA) is 20.2 Å². The average molecular weight is 170 g/mol. The third kappa shape index (κ3) is 2.78. The molecule has 1 aliphatic carbocycles. The van der Waals surface area contributed by atoms with Gasteiger partial charge in [-0.1, -0.05) is 20.8 Å². The van der Waals surface area contributed by atoms with Gasteiger partial charge in [0.1, 0.15) is 0 Å². The summed E-state index contributed by atoms with van der Waals surface area (Å²) in [6.07, 6.45) is 4.83. The van der Waals surface area contributed by atoms with Crippen molar-refractivity contribution < 1.29 is 5.11 Å². The maximum atomic E-state index is 9.53. The number of hydrogen-bond acceptors (Lipinski definition) is 1. The third-order valence-electron chi connectivity index (χ3n) is 3.04. The van der Waals surface area contributed by atoms with Crippen molar-refractivity contribution in [3.8, 4) is 0 Å². The van der Waals surface area contributed by atoms with Crippen LogP contribution in [0.25, 0.3) is 0 Å². The highest BCUT2D eigenvalue weighted by molar-refractivity contribution is 4.77. The van der Waals surface area contributed by atoms with E-state index in [4.69, 9.17) is 0 Å². The van der Waals surface area contributed by atoms with Crippen molar-refractivity contribution in [2.45, 2.75) is 52.6 Å². The second-order valence-electron chi connectivity index (χ2n) is 4.85. The molecule has 0 unspecified atom stereocenters. The summed E-state index contributed by atoms with van der Waals surface area (Å²) in [5.41, 5.74) is 0. The summed E-state index contributed by atoms with van der Waals surface area (Å²) in [7, 11) is 0. The molecule has 0 amide bonds. The highest BCUT2D eigenvalue weighted by atomic mass is 16.3. The smallest absolute Gasteiger partial charge is 0.0566 e. The first-order valence-electron chi connectivity index (χ1n) is 5.27. The summed E-state index contributed by atoms with van der Waals surface area (Å²) in [5, 5.41) is 9.53. The zero-order chi connectivity index (χ0) is 9.14. The van der Waals surface area contributed by atoms with Gasteiger partial charge < -0.3 is 5.11 Å². The first kappa shape index (κ1) is 10.0. The molecule has 0 spiro atoms. The molecule has 12 heavy (non-hydrogen) atoms. The zero-order valence-corrected chi connectivity index (χ0v) is 8.59. The summed E-state index contributed by atoms with van der Waals surface area (Å²) in [4.78, 5) is 0. The van der Waals surface area contributed by atoms with Crippen LogP contribution >= 0.6 is 0 Å². The van der Waals surface area contributed by atoms with Crippen molar-refractivity contribution in [2.75, 3.05) is 0 Å². The van der Waals surface area contributed by atoms with Gasteiger partial charge in [-0.2, -0.15) is 0 Å². The van der Waals surface area contributed by atoms with Crippen LogP contribution in [0.15, 0.2) is 0 Å². The van der Waals surface area contributed by atoms with Crippen molar-refractivity contribution in [3.63, 3.8) is 0 Å². The van der Waals surface area contributed by atoms with Gasteiger partial charge in [-0.05, 0) is 43.4 Å². The van der Waals surface area contributed by atoms with E-state index in [1.807, 2.05) is 0 Å². The van der Waals surface area contributed by atoms with E-state index in [0.29, 0.717) is 5.92 Å². The summed E-state index contributed by atoms with van der Waals surface area (Å²) in [5.74, 6) is 2.23. The molecule has 72 valence electrons. The lowest BCUT2D eigenvalue weighted by molar-refractivity contribution is 0.0526. The van der Waals surface area contributed by atoms with Gasteiger partial charge in [0.2, 0.25) is 0 Å². The fourth-order valence-corrected chi connectivity index (χ4v) is 2.37. The predicted molar refractivity (Wildman–Crippen MR) is 52.0 cm³/mol. The van der Waals surface area contributed by atoms with Gasteiger partial charge in [-0.25, -0.2) is 0 Å². The minimum absolute atomic E-state index is 0.0200. The van der Waals surface area contributed by atoms with Crippen molar-refractivity contribution in [1.29, 1.82) is 0 Å². The lowest BCUT2D eigenvalue weighted by atomic mass is 9.77. The lowest BCUT2D eigenvalue weighted by Gasteiger charge is -2.31. The summed E-state index contributed by atoms with van der Waals surface area (Å²) in [6, 6.07) is 0. The standard InChI is InChI=1S/C11H22O/c1-8(2)6-10-4-5-11(12)9(3)7-10/h8-12H,4-7H2,1-3H3/t9-,10+,11+/m1/s1. The largest absolute Gasteiger partial charge is 0.393 e. The van der Waals surface area contributed by atoms with E-state index in [9.17, 15) is 5.11 Å². The van der Waals surface area contributed by atoms with Crippen LogP contribution < -0.4 is 0 Å². The molecule has 0 bridgehead atoms. The van der Waals surface area contributed by atoms with Crippen molar-refractivity contribution in [1.82, 2.24) is 0 Å². The molecular formula is C11H22O. The van der Waals surface area contributed by atoms with E-state index in [1.54, 1.807) is 0 Å². The van der Waals surface area contributed by atoms with Gasteiger partial charge in [-0.3, -0.25) is 0 Å². The number of hydrogen-bond donors (Lipinski definition) is 1. The van der Waals surface area contributed by atoms with Gasteiger partial charge in [-0.15, -0.1) is 0 Å². The maximum absolute atomic E-state index is 9.53. The normalized spacial score (nSPS) is 37.2. The Labute approximate surface area is 76.2 Å². The lowest BCUT2D eigenvalue weighted by Crippen LogP contribution is -2.27. The van der Waals surface area contributed by atoms with Crippen LogP contribution in [0, 0.1) is 17.8 Å². The zero-order valence-electron chi connectivity index (χ0n) is 8.59. The highest BCUT2D eigenvalue weighted by Crippen LogP contribution is 2.32. The van der Waals surface area contributed by atoms with Gasteiger partial charge in [0, 0.05) is 0 Å². The van der Waals surface area contributed by atoms with Gasteiger partial charge >= 0.3 is 0 Å². The molecular weight excluding hydrogens is 148 g/mol. The molecule has 1 aliphatic rings. The van der Waals surface area contributed by atoms with Crippen LogP contribution in [0.5, 0.6) is 0 Å². The average Bonchev–Trinajstić information content (AvgIpc) is 1.96. The molecule has 0 heterocycles. The van der Waals surface area contributed by atoms with Crippen LogP contribution in [-0.2, 0) is 0 Å². The Bertz CT molecular complexity index is 131. The fraction of sp³-hybridized carbons (Fsp3) is 1.00. The van der Waals surface area contributed by atoms with E-state index in [-0.39, 0.29) is 6.10 Å². The highest BCUT2D eigenvalue weighted by Gasteiger charge is 2.25. The van der Waals surface area contributed by atoms with Crippen LogP contribution in [0.3, 0.4) is 0 Å². The first-order chi connectivity index (χ1) is 5.59. The molecule has 1 fully saturated rings. The summed E-state index contributed by atoms with van der Waals surface area (Å²) in [6.45, 7) is 6.75. The van der Waals surface area contributed by atoms with Crippen LogP contribution in [-0.4, -0.2) is 11.2 Å². The van der Waals surface area contributed by atoms with Crippen molar-refractivity contribution in [2.24, 2.45) is 17.8 Å². The third-order valence-corrected chi connectivity index (χ3v) is 3.04. The molecule has 1 rings (SSSR count). The Hall–Kier alpha value is -0.0400. The fourth-order valence-electron chi connectivity index (χ4n) is 2.37. The summed E-state index contributed by atoms with van der Waals surface area (Å²) >= 11 is 0. The van der Waals surface area contributed by atoms with Gasteiger partial charge in [0.05, 0.1) is 6.10 Å². The molecule has 1 nitrogen and oxygen atoms in total. The quantitative estimate of drug-likeness (QED) is 0.675. The van der Waals surface area contributed by atoms with E-state index in [2.05, 4.69) is 20.8 Å². The van der Waals surface area contributed by atoms with E-state index >= 15 is 0 Å². The minimum Gasteiger partial charge on any atom is -0.393 e. The molecule has 1 heteroatoms. The number of aliphatic hydroxyl groups excluding tert-OH is 1. The Balaban J connectivity index is 2.30. The Morgan fingerprint density at radius 3 is 2.50 bits per heavy atom. The van der Waals surface area contributed by atoms with Crippen LogP contribution in [0.4, 0.5) is 0 Å². The van der Waals surface area contributed by atoms with Crippen molar-refractivity contribution >= 4 is 0 Å². The monoisotopic (exact) mass is 170 g/mol. The second kappa shape index (κ2) is 4.27. The molecule has 0 aromatic rings. The molecule has 0 aromatic carbocycles. The van der Waals surface area contributed by atoms with E-state index < -0.39 is 0 Å². The van der Waals surface area contributed by atoms with Gasteiger partial charge in [0.25, 0.3) is 0 Å². The molecule has 0 aliphatic heterocycles. The van der Waals surface area contributed by atoms with E-state index in [1.165, 1.54) is 19.3 Å². The first-order valence-corrected chi connectivity index (χ1v) is 5.27. The second-order valence-corrected chi connectivity index (χ2v) is 4.85. The maximum Gasteiger partial charge on any atom is 0.0566 e. The molecule has 1 saturated carbocycles. The molecule has 0 radical (unpaired) electrons. The minimum atomic E-state index is -0.0200. The van der Waals surface area contributed by atoms with E-state index in [0.717, 1.165) is 18.3 Å². The van der Waals surface area contributed by atoms with Crippen LogP contribution in [0.1, 0.15) is 46.5 Å². The molecule has 3 atom stereocenters. The van der Waals surface area contributed by atoms with Crippen molar-refractivity contribution in [3.05, 3.63) is 0 Å². The Morgan fingerprint density at radius 1 is 1.33 bits per heavy atom. The molecule has 0 aromatic heterocycles. The van der Waals surface area contributed by atoms with Gasteiger partial charge in [0.15, 0.2) is 0 Å².